The van der Waals surface area contributed by atoms with E-state index >= 15 is 0 Å². The minimum atomic E-state index is -1.12. The number of nitrogens with one attached hydrogen (secondary N) is 1. The fourth-order valence-electron chi connectivity index (χ4n) is 2.36. The van der Waals surface area contributed by atoms with Gasteiger partial charge in [0.25, 0.3) is 0 Å². The first-order valence-electron chi connectivity index (χ1n) is 6.55. The van der Waals surface area contributed by atoms with Crippen molar-refractivity contribution in [1.82, 2.24) is 4.90 Å². The molecule has 1 aliphatic rings. The number of carbonyl (C=O) groups is 2. The molecule has 3 N–H and O–H groups in total. The molecule has 114 valence electrons. The maximum atomic E-state index is 12.2. The molecule has 0 spiro atoms. The normalized spacial score (nSPS) is 21.2. The number of amides is 2. The molecule has 1 aliphatic heterocycles. The molecule has 21 heavy (non-hydrogen) atoms. The summed E-state index contributed by atoms with van der Waals surface area (Å²) in [7, 11) is 1.55. The first-order valence-corrected chi connectivity index (χ1v) is 6.55. The number of methoxy groups -OCH3 is 1. The molecule has 0 aliphatic carbocycles. The molecule has 2 amide bonds. The smallest absolute Gasteiger partial charge is 0.326 e. The maximum absolute atomic E-state index is 12.2. The number of likely N-dealkylation sites (tertiary alicyclic amines) is 1. The van der Waals surface area contributed by atoms with Crippen molar-refractivity contribution in [3.05, 3.63) is 23.8 Å². The Morgan fingerprint density at radius 2 is 2.14 bits per heavy atom. The number of aliphatic hydroxyl groups is 1. The van der Waals surface area contributed by atoms with Crippen LogP contribution in [0.2, 0.25) is 0 Å². The van der Waals surface area contributed by atoms with Gasteiger partial charge < -0.3 is 25.2 Å². The van der Waals surface area contributed by atoms with Crippen LogP contribution in [0.3, 0.4) is 0 Å². The molecule has 1 aromatic rings. The van der Waals surface area contributed by atoms with Crippen molar-refractivity contribution in [2.24, 2.45) is 0 Å². The molecule has 1 heterocycles. The molecular formula is C14H18N2O5. The highest BCUT2D eigenvalue weighted by molar-refractivity contribution is 5.93. The van der Waals surface area contributed by atoms with Gasteiger partial charge in [-0.25, -0.2) is 9.59 Å². The summed E-state index contributed by atoms with van der Waals surface area (Å²) in [5, 5.41) is 21.3. The number of carbonyl (C=O) groups excluding carboxylic acids is 1. The zero-order chi connectivity index (χ0) is 15.6. The van der Waals surface area contributed by atoms with Crippen LogP contribution in [0.4, 0.5) is 10.5 Å². The second-order valence-electron chi connectivity index (χ2n) is 5.01. The number of carboxylic acids is 1. The van der Waals surface area contributed by atoms with Gasteiger partial charge in [0, 0.05) is 18.7 Å². The number of aryl methyl sites for hydroxylation is 1. The third kappa shape index (κ3) is 3.25. The number of β-amino-alcohol motifs (C(OH)–C–C–N with tert-alkyl or cyclic N) is 1. The average molecular weight is 294 g/mol. The lowest BCUT2D eigenvalue weighted by atomic mass is 10.2. The lowest BCUT2D eigenvalue weighted by Crippen LogP contribution is -2.43. The Bertz CT molecular complexity index is 560. The van der Waals surface area contributed by atoms with E-state index in [2.05, 4.69) is 5.32 Å². The van der Waals surface area contributed by atoms with Crippen LogP contribution in [0.25, 0.3) is 0 Å². The Labute approximate surface area is 122 Å². The second kappa shape index (κ2) is 6.01. The predicted molar refractivity (Wildman–Crippen MR) is 75.5 cm³/mol. The van der Waals surface area contributed by atoms with Gasteiger partial charge in [0.15, 0.2) is 0 Å². The lowest BCUT2D eigenvalue weighted by molar-refractivity contribution is -0.141. The number of rotatable bonds is 3. The molecule has 1 saturated heterocycles. The molecule has 2 rings (SSSR count). The standard InChI is InChI=1S/C14H18N2O5/c1-8-5-10(21-2)3-4-11(8)15-14(20)16-7-9(17)6-12(16)13(18)19/h3-5,9,12,17H,6-7H2,1-2H3,(H,15,20)(H,18,19)/t9-,12-/m1/s1. The molecule has 1 aromatic carbocycles. The van der Waals surface area contributed by atoms with Gasteiger partial charge in [0.1, 0.15) is 11.8 Å². The molecule has 1 fully saturated rings. The van der Waals surface area contributed by atoms with Crippen molar-refractivity contribution < 1.29 is 24.5 Å². The number of aliphatic carboxylic acids is 1. The fourth-order valence-corrected chi connectivity index (χ4v) is 2.36. The third-order valence-electron chi connectivity index (χ3n) is 3.50. The van der Waals surface area contributed by atoms with Crippen molar-refractivity contribution in [2.45, 2.75) is 25.5 Å². The highest BCUT2D eigenvalue weighted by Gasteiger charge is 2.39. The zero-order valence-corrected chi connectivity index (χ0v) is 11.9. The van der Waals surface area contributed by atoms with E-state index in [1.807, 2.05) is 6.92 Å². The van der Waals surface area contributed by atoms with Crippen molar-refractivity contribution in [2.75, 3.05) is 19.0 Å². The minimum absolute atomic E-state index is 0.0119. The van der Waals surface area contributed by atoms with E-state index in [1.54, 1.807) is 25.3 Å². The van der Waals surface area contributed by atoms with E-state index in [-0.39, 0.29) is 13.0 Å². The largest absolute Gasteiger partial charge is 0.497 e. The number of benzene rings is 1. The number of hydrogen-bond acceptors (Lipinski definition) is 4. The first-order chi connectivity index (χ1) is 9.92. The lowest BCUT2D eigenvalue weighted by Gasteiger charge is -2.22. The summed E-state index contributed by atoms with van der Waals surface area (Å²) in [5.41, 5.74) is 1.38. The molecule has 2 atom stereocenters. The van der Waals surface area contributed by atoms with E-state index in [0.29, 0.717) is 11.4 Å². The molecule has 0 aromatic heterocycles. The summed E-state index contributed by atoms with van der Waals surface area (Å²) in [6.45, 7) is 1.82. The molecule has 7 nitrogen and oxygen atoms in total. The summed E-state index contributed by atoms with van der Waals surface area (Å²) in [4.78, 5) is 24.4. The van der Waals surface area contributed by atoms with E-state index < -0.39 is 24.1 Å². The zero-order valence-electron chi connectivity index (χ0n) is 11.9. The highest BCUT2D eigenvalue weighted by atomic mass is 16.5. The SMILES string of the molecule is COc1ccc(NC(=O)N2C[C@H](O)C[C@@H]2C(=O)O)c(C)c1. The maximum Gasteiger partial charge on any atom is 0.326 e. The summed E-state index contributed by atoms with van der Waals surface area (Å²) in [6.07, 6.45) is -0.765. The summed E-state index contributed by atoms with van der Waals surface area (Å²) in [6, 6.07) is 3.62. The molecule has 0 unspecified atom stereocenters. The van der Waals surface area contributed by atoms with E-state index in [1.165, 1.54) is 0 Å². The Hall–Kier alpha value is -2.28. The van der Waals surface area contributed by atoms with Crippen molar-refractivity contribution in [3.63, 3.8) is 0 Å². The van der Waals surface area contributed by atoms with Crippen LogP contribution in [-0.2, 0) is 4.79 Å². The Morgan fingerprint density at radius 1 is 1.43 bits per heavy atom. The molecular weight excluding hydrogens is 276 g/mol. The Morgan fingerprint density at radius 3 is 2.71 bits per heavy atom. The number of aliphatic hydroxyl groups excluding tert-OH is 1. The Kier molecular flexibility index (Phi) is 4.32. The molecule has 0 saturated carbocycles. The number of urea groups is 1. The molecule has 0 bridgehead atoms. The number of anilines is 1. The minimum Gasteiger partial charge on any atom is -0.497 e. The second-order valence-corrected chi connectivity index (χ2v) is 5.01. The van der Waals surface area contributed by atoms with Crippen LogP contribution in [0.1, 0.15) is 12.0 Å². The van der Waals surface area contributed by atoms with E-state index in [9.17, 15) is 14.7 Å². The molecule has 0 radical (unpaired) electrons. The van der Waals surface area contributed by atoms with Crippen LogP contribution >= 0.6 is 0 Å². The first kappa shape index (κ1) is 15.1. The Balaban J connectivity index is 2.12. The van der Waals surface area contributed by atoms with Gasteiger partial charge in [-0.2, -0.15) is 0 Å². The average Bonchev–Trinajstić information content (AvgIpc) is 2.83. The fraction of sp³-hybridized carbons (Fsp3) is 0.429. The van der Waals surface area contributed by atoms with Crippen LogP contribution in [0.15, 0.2) is 18.2 Å². The van der Waals surface area contributed by atoms with Gasteiger partial charge in [-0.15, -0.1) is 0 Å². The van der Waals surface area contributed by atoms with Crippen molar-refractivity contribution in [1.29, 1.82) is 0 Å². The number of hydrogen-bond donors (Lipinski definition) is 3. The van der Waals surface area contributed by atoms with E-state index in [0.717, 1.165) is 10.5 Å². The quantitative estimate of drug-likeness (QED) is 0.774. The van der Waals surface area contributed by atoms with Crippen LogP contribution in [0, 0.1) is 6.92 Å². The van der Waals surface area contributed by atoms with Gasteiger partial charge in [-0.05, 0) is 30.7 Å². The van der Waals surface area contributed by atoms with Crippen molar-refractivity contribution in [3.8, 4) is 5.75 Å². The number of carboxylic acid groups (broad SMARTS) is 1. The molecule has 7 heteroatoms. The van der Waals surface area contributed by atoms with E-state index in [4.69, 9.17) is 9.84 Å². The van der Waals surface area contributed by atoms with Gasteiger partial charge in [-0.1, -0.05) is 0 Å². The highest BCUT2D eigenvalue weighted by Crippen LogP contribution is 2.23. The van der Waals surface area contributed by atoms with Crippen LogP contribution < -0.4 is 10.1 Å². The van der Waals surface area contributed by atoms with Crippen LogP contribution in [-0.4, -0.2) is 52.9 Å². The van der Waals surface area contributed by atoms with Gasteiger partial charge in [-0.3, -0.25) is 0 Å². The third-order valence-corrected chi connectivity index (χ3v) is 3.50. The summed E-state index contributed by atoms with van der Waals surface area (Å²) >= 11 is 0. The summed E-state index contributed by atoms with van der Waals surface area (Å²) in [5.74, 6) is -0.446. The number of nitrogens with zero attached hydrogens (tertiary/aromatic N) is 1. The monoisotopic (exact) mass is 294 g/mol. The van der Waals surface area contributed by atoms with Gasteiger partial charge in [0.05, 0.1) is 13.2 Å². The van der Waals surface area contributed by atoms with Gasteiger partial charge in [0.2, 0.25) is 0 Å². The number of ether oxygens (including phenoxy) is 1. The van der Waals surface area contributed by atoms with Crippen molar-refractivity contribution >= 4 is 17.7 Å². The van der Waals surface area contributed by atoms with Crippen LogP contribution in [0.5, 0.6) is 5.75 Å². The summed E-state index contributed by atoms with van der Waals surface area (Å²) < 4.78 is 5.08. The predicted octanol–water partition coefficient (Wildman–Crippen LogP) is 1.06. The topological polar surface area (TPSA) is 99.1 Å². The van der Waals surface area contributed by atoms with Gasteiger partial charge >= 0.3 is 12.0 Å².